The van der Waals surface area contributed by atoms with Gasteiger partial charge in [0.1, 0.15) is 0 Å². The van der Waals surface area contributed by atoms with Crippen molar-refractivity contribution < 1.29 is 0 Å². The van der Waals surface area contributed by atoms with E-state index >= 15 is 0 Å². The molecule has 42 heavy (non-hydrogen) atoms. The Kier molecular flexibility index (Phi) is 7.69. The van der Waals surface area contributed by atoms with E-state index < -0.39 is 0 Å². The number of allylic oxidation sites excluding steroid dienone is 1. The highest BCUT2D eigenvalue weighted by molar-refractivity contribution is 6.09. The van der Waals surface area contributed by atoms with E-state index in [0.717, 1.165) is 66.8 Å². The van der Waals surface area contributed by atoms with Crippen LogP contribution in [-0.4, -0.2) is 21.2 Å². The molecule has 6 aromatic rings. The number of pyridine rings is 3. The van der Waals surface area contributed by atoms with Crippen LogP contribution in [0.4, 0.5) is 0 Å². The van der Waals surface area contributed by atoms with Crippen molar-refractivity contribution in [1.29, 1.82) is 0 Å². The van der Waals surface area contributed by atoms with Gasteiger partial charge in [0, 0.05) is 66.3 Å². The average Bonchev–Trinajstić information content (AvgIpc) is 3.08. The van der Waals surface area contributed by atoms with Crippen LogP contribution in [0.15, 0.2) is 159 Å². The fourth-order valence-electron chi connectivity index (χ4n) is 4.97. The molecule has 0 saturated carbocycles. The van der Waals surface area contributed by atoms with Crippen LogP contribution in [0.5, 0.6) is 0 Å². The van der Waals surface area contributed by atoms with Crippen molar-refractivity contribution in [1.82, 2.24) is 15.0 Å². The highest BCUT2D eigenvalue weighted by atomic mass is 14.7. The highest BCUT2D eigenvalue weighted by Crippen LogP contribution is 2.35. The quantitative estimate of drug-likeness (QED) is 0.181. The monoisotopic (exact) mass is 540 g/mol. The average molecular weight is 541 g/mol. The maximum absolute atomic E-state index is 4.36. The molecular formula is C38H28N4. The Balaban J connectivity index is 1.48. The van der Waals surface area contributed by atoms with Crippen LogP contribution in [0, 0.1) is 0 Å². The Bertz CT molecular complexity index is 1840. The fourth-order valence-corrected chi connectivity index (χ4v) is 4.97. The number of hydrogen-bond donors (Lipinski definition) is 0. The van der Waals surface area contributed by atoms with Gasteiger partial charge in [-0.2, -0.15) is 0 Å². The molecule has 4 heteroatoms. The van der Waals surface area contributed by atoms with Crippen molar-refractivity contribution in [2.75, 3.05) is 0 Å². The molecule has 0 radical (unpaired) electrons. The zero-order chi connectivity index (χ0) is 28.7. The first-order valence-electron chi connectivity index (χ1n) is 13.6. The molecule has 0 atom stereocenters. The number of benzene rings is 3. The third kappa shape index (κ3) is 5.88. The lowest BCUT2D eigenvalue weighted by molar-refractivity contribution is 1.32. The van der Waals surface area contributed by atoms with Crippen molar-refractivity contribution in [2.24, 2.45) is 4.99 Å². The molecule has 3 aromatic carbocycles. The Morgan fingerprint density at radius 1 is 0.500 bits per heavy atom. The van der Waals surface area contributed by atoms with Crippen LogP contribution in [0.3, 0.4) is 0 Å². The molecule has 0 amide bonds. The summed E-state index contributed by atoms with van der Waals surface area (Å²) in [5.41, 5.74) is 12.6. The summed E-state index contributed by atoms with van der Waals surface area (Å²) in [6.07, 6.45) is 14.3. The van der Waals surface area contributed by atoms with E-state index in [1.54, 1.807) is 24.8 Å². The van der Waals surface area contributed by atoms with Gasteiger partial charge in [0.25, 0.3) is 0 Å². The standard InChI is InChI=1S/C38H28N4/c1-3-39-23-27(2)33-17-34(19-36(18-33)30-10-5-13-40-24-30)28-8-4-9-29(16-28)35-20-37(31-11-6-14-41-25-31)22-38(21-35)32-12-7-15-42-26-32/h3-26H,1-2H2/b39-23-. The number of aliphatic imine (C=N–C) groups is 1. The van der Waals surface area contributed by atoms with Gasteiger partial charge in [-0.15, -0.1) is 0 Å². The molecule has 0 aliphatic rings. The lowest BCUT2D eigenvalue weighted by Gasteiger charge is -2.13. The molecule has 0 N–H and O–H groups in total. The van der Waals surface area contributed by atoms with Gasteiger partial charge in [0.15, 0.2) is 0 Å². The molecule has 3 aromatic heterocycles. The maximum Gasteiger partial charge on any atom is 0.0346 e. The summed E-state index contributed by atoms with van der Waals surface area (Å²) in [7, 11) is 0. The fraction of sp³-hybridized carbons (Fsp3) is 0. The van der Waals surface area contributed by atoms with Crippen molar-refractivity contribution in [3.8, 4) is 55.6 Å². The summed E-state index contributed by atoms with van der Waals surface area (Å²) in [5, 5.41) is 0. The molecule has 0 saturated heterocycles. The molecule has 6 rings (SSSR count). The van der Waals surface area contributed by atoms with Gasteiger partial charge in [-0.25, -0.2) is 0 Å². The molecule has 3 heterocycles. The topological polar surface area (TPSA) is 51.0 Å². The molecule has 0 fully saturated rings. The minimum Gasteiger partial charge on any atom is -0.265 e. The molecule has 200 valence electrons. The summed E-state index contributed by atoms with van der Waals surface area (Å²) in [6.45, 7) is 7.94. The van der Waals surface area contributed by atoms with E-state index in [1.807, 2.05) is 36.8 Å². The van der Waals surface area contributed by atoms with Crippen LogP contribution in [0.25, 0.3) is 61.2 Å². The van der Waals surface area contributed by atoms with Crippen LogP contribution in [0.1, 0.15) is 5.56 Å². The van der Waals surface area contributed by atoms with Gasteiger partial charge in [-0.1, -0.05) is 49.6 Å². The SMILES string of the molecule is C=C/N=C\C(=C)c1cc(-c2cccnc2)cc(-c2cccc(-c3cc(-c4cccnc4)cc(-c4cccnc4)c3)c2)c1. The second-order valence-corrected chi connectivity index (χ2v) is 9.89. The number of aromatic nitrogens is 3. The molecule has 4 nitrogen and oxygen atoms in total. The smallest absolute Gasteiger partial charge is 0.0346 e. The van der Waals surface area contributed by atoms with Crippen LogP contribution < -0.4 is 0 Å². The molecule has 0 bridgehead atoms. The molecule has 0 aliphatic carbocycles. The summed E-state index contributed by atoms with van der Waals surface area (Å²) < 4.78 is 0. The zero-order valence-electron chi connectivity index (χ0n) is 23.1. The second-order valence-electron chi connectivity index (χ2n) is 9.89. The largest absolute Gasteiger partial charge is 0.265 e. The van der Waals surface area contributed by atoms with E-state index in [4.69, 9.17) is 0 Å². The summed E-state index contributed by atoms with van der Waals surface area (Å²) in [5.74, 6) is 0. The van der Waals surface area contributed by atoms with E-state index in [-0.39, 0.29) is 0 Å². The van der Waals surface area contributed by atoms with Crippen molar-refractivity contribution in [2.45, 2.75) is 0 Å². The van der Waals surface area contributed by atoms with Crippen molar-refractivity contribution >= 4 is 11.8 Å². The molecule has 0 spiro atoms. The first-order chi connectivity index (χ1) is 20.7. The van der Waals surface area contributed by atoms with E-state index in [9.17, 15) is 0 Å². The van der Waals surface area contributed by atoms with Crippen LogP contribution in [0.2, 0.25) is 0 Å². The third-order valence-corrected chi connectivity index (χ3v) is 7.09. The first-order valence-corrected chi connectivity index (χ1v) is 13.6. The van der Waals surface area contributed by atoms with Gasteiger partial charge < -0.3 is 0 Å². The minimum atomic E-state index is 0.809. The van der Waals surface area contributed by atoms with E-state index in [2.05, 4.69) is 112 Å². The van der Waals surface area contributed by atoms with Gasteiger partial charge in [-0.3, -0.25) is 19.9 Å². The van der Waals surface area contributed by atoms with Gasteiger partial charge in [0.2, 0.25) is 0 Å². The van der Waals surface area contributed by atoms with Crippen LogP contribution in [-0.2, 0) is 0 Å². The van der Waals surface area contributed by atoms with E-state index in [1.165, 1.54) is 6.20 Å². The predicted octanol–water partition coefficient (Wildman–Crippen LogP) is 9.43. The Hall–Kier alpha value is -5.74. The normalized spacial score (nSPS) is 11.0. The highest BCUT2D eigenvalue weighted by Gasteiger charge is 2.11. The van der Waals surface area contributed by atoms with Crippen molar-refractivity contribution in [3.63, 3.8) is 0 Å². The van der Waals surface area contributed by atoms with Gasteiger partial charge >= 0.3 is 0 Å². The second kappa shape index (κ2) is 12.2. The summed E-state index contributed by atoms with van der Waals surface area (Å²) in [4.78, 5) is 17.2. The molecular weight excluding hydrogens is 512 g/mol. The first kappa shape index (κ1) is 26.5. The van der Waals surface area contributed by atoms with E-state index in [0.29, 0.717) is 0 Å². The predicted molar refractivity (Wildman–Crippen MR) is 175 cm³/mol. The third-order valence-electron chi connectivity index (χ3n) is 7.09. The number of hydrogen-bond acceptors (Lipinski definition) is 4. The maximum atomic E-state index is 4.36. The Morgan fingerprint density at radius 3 is 1.31 bits per heavy atom. The Morgan fingerprint density at radius 2 is 0.881 bits per heavy atom. The summed E-state index contributed by atoms with van der Waals surface area (Å²) in [6, 6.07) is 33.9. The van der Waals surface area contributed by atoms with Crippen LogP contribution >= 0.6 is 0 Å². The number of rotatable bonds is 8. The lowest BCUT2D eigenvalue weighted by atomic mass is 9.91. The number of nitrogens with zero attached hydrogens (tertiary/aromatic N) is 4. The minimum absolute atomic E-state index is 0.809. The zero-order valence-corrected chi connectivity index (χ0v) is 23.1. The van der Waals surface area contributed by atoms with Gasteiger partial charge in [-0.05, 0) is 111 Å². The Labute approximate surface area is 246 Å². The van der Waals surface area contributed by atoms with Crippen molar-refractivity contribution in [3.05, 3.63) is 159 Å². The van der Waals surface area contributed by atoms with Gasteiger partial charge in [0.05, 0.1) is 0 Å². The molecule has 0 unspecified atom stereocenters. The lowest BCUT2D eigenvalue weighted by Crippen LogP contribution is -1.91. The molecule has 0 aliphatic heterocycles. The summed E-state index contributed by atoms with van der Waals surface area (Å²) >= 11 is 0.